The smallest absolute Gasteiger partial charge is 0.242 e. The van der Waals surface area contributed by atoms with Crippen molar-refractivity contribution in [2.75, 3.05) is 40.3 Å². The number of hydrogen-bond donors (Lipinski definition) is 1. The van der Waals surface area contributed by atoms with Crippen LogP contribution in [-0.2, 0) is 9.59 Å². The third kappa shape index (κ3) is 3.22. The lowest BCUT2D eigenvalue weighted by Crippen LogP contribution is -2.59. The normalized spacial score (nSPS) is 28.4. The number of carbonyl (C=O) groups excluding carboxylic acids is 2. The van der Waals surface area contributed by atoms with Crippen LogP contribution >= 0.6 is 0 Å². The molecule has 6 heteroatoms. The molecule has 28 heavy (non-hydrogen) atoms. The molecular weight excluding hydrogens is 352 g/mol. The Morgan fingerprint density at radius 1 is 1.18 bits per heavy atom. The van der Waals surface area contributed by atoms with E-state index < -0.39 is 5.54 Å². The maximum absolute atomic E-state index is 13.0. The van der Waals surface area contributed by atoms with Crippen molar-refractivity contribution in [2.45, 2.75) is 37.8 Å². The van der Waals surface area contributed by atoms with E-state index in [1.807, 2.05) is 36.0 Å². The lowest BCUT2D eigenvalue weighted by molar-refractivity contribution is -0.139. The van der Waals surface area contributed by atoms with Gasteiger partial charge in [-0.25, -0.2) is 0 Å². The van der Waals surface area contributed by atoms with Gasteiger partial charge >= 0.3 is 0 Å². The van der Waals surface area contributed by atoms with Gasteiger partial charge in [-0.2, -0.15) is 0 Å². The first-order chi connectivity index (χ1) is 13.3. The summed E-state index contributed by atoms with van der Waals surface area (Å²) in [5, 5.41) is 0. The van der Waals surface area contributed by atoms with Crippen molar-refractivity contribution in [2.24, 2.45) is 17.6 Å². The van der Waals surface area contributed by atoms with Crippen LogP contribution in [0, 0.1) is 18.8 Å². The number of likely N-dealkylation sites (tertiary alicyclic amines) is 2. The highest BCUT2D eigenvalue weighted by Gasteiger charge is 2.53. The molecule has 2 amide bonds. The Hall–Kier alpha value is -1.92. The first kappa shape index (κ1) is 19.4. The van der Waals surface area contributed by atoms with Crippen LogP contribution in [0.1, 0.15) is 36.4 Å². The molecular formula is C22H32N4O2. The topological polar surface area (TPSA) is 69.9 Å². The number of amides is 2. The monoisotopic (exact) mass is 384 g/mol. The Morgan fingerprint density at radius 2 is 1.89 bits per heavy atom. The van der Waals surface area contributed by atoms with E-state index in [0.29, 0.717) is 19.0 Å². The molecule has 6 nitrogen and oxygen atoms in total. The third-order valence-corrected chi connectivity index (χ3v) is 6.90. The van der Waals surface area contributed by atoms with Crippen LogP contribution in [-0.4, -0.2) is 72.3 Å². The molecule has 0 bridgehead atoms. The van der Waals surface area contributed by atoms with Crippen LogP contribution in [0.4, 0.5) is 0 Å². The van der Waals surface area contributed by atoms with Crippen LogP contribution < -0.4 is 5.73 Å². The van der Waals surface area contributed by atoms with E-state index in [2.05, 4.69) is 24.0 Å². The summed E-state index contributed by atoms with van der Waals surface area (Å²) in [7, 11) is 3.86. The molecule has 3 atom stereocenters. The predicted molar refractivity (Wildman–Crippen MR) is 109 cm³/mol. The highest BCUT2D eigenvalue weighted by Crippen LogP contribution is 2.46. The Balaban J connectivity index is 1.60. The number of rotatable bonds is 4. The van der Waals surface area contributed by atoms with Crippen molar-refractivity contribution >= 4 is 11.8 Å². The minimum Gasteiger partial charge on any atom is -0.340 e. The van der Waals surface area contributed by atoms with E-state index in [4.69, 9.17) is 5.73 Å². The summed E-state index contributed by atoms with van der Waals surface area (Å²) in [6.45, 7) is 4.66. The number of hydrogen-bond acceptors (Lipinski definition) is 4. The largest absolute Gasteiger partial charge is 0.340 e. The fraction of sp³-hybridized carbons (Fsp3) is 0.636. The highest BCUT2D eigenvalue weighted by atomic mass is 16.2. The SMILES string of the molecule is Cc1ccccc1[C@H]1[C@@H]2CN(C(=O)C3(N)CCC3)C[C@@H]2CN1C(=O)CN(C)C. The number of carbonyl (C=O) groups is 2. The van der Waals surface area contributed by atoms with Gasteiger partial charge in [0.15, 0.2) is 0 Å². The first-order valence-electron chi connectivity index (χ1n) is 10.4. The lowest BCUT2D eigenvalue weighted by Gasteiger charge is -2.40. The number of likely N-dealkylation sites (N-methyl/N-ethyl adjacent to an activating group) is 1. The maximum Gasteiger partial charge on any atom is 0.242 e. The summed E-state index contributed by atoms with van der Waals surface area (Å²) in [6, 6.07) is 8.37. The van der Waals surface area contributed by atoms with Gasteiger partial charge in [0.1, 0.15) is 0 Å². The average molecular weight is 385 g/mol. The minimum absolute atomic E-state index is 0.0339. The molecule has 3 fully saturated rings. The van der Waals surface area contributed by atoms with Gasteiger partial charge in [0.05, 0.1) is 18.1 Å². The predicted octanol–water partition coefficient (Wildman–Crippen LogP) is 1.40. The van der Waals surface area contributed by atoms with E-state index in [-0.39, 0.29) is 23.8 Å². The summed E-state index contributed by atoms with van der Waals surface area (Å²) in [5.41, 5.74) is 8.09. The molecule has 2 aliphatic heterocycles. The molecule has 152 valence electrons. The van der Waals surface area contributed by atoms with Crippen molar-refractivity contribution in [3.05, 3.63) is 35.4 Å². The van der Waals surface area contributed by atoms with Gasteiger partial charge in [0, 0.05) is 31.5 Å². The molecule has 1 saturated carbocycles. The van der Waals surface area contributed by atoms with Crippen molar-refractivity contribution in [1.82, 2.24) is 14.7 Å². The van der Waals surface area contributed by atoms with Gasteiger partial charge in [0.2, 0.25) is 11.8 Å². The molecule has 3 aliphatic rings. The average Bonchev–Trinajstić information content (AvgIpc) is 3.17. The summed E-state index contributed by atoms with van der Waals surface area (Å²) in [6.07, 6.45) is 2.64. The van der Waals surface area contributed by atoms with Crippen molar-refractivity contribution in [3.63, 3.8) is 0 Å². The van der Waals surface area contributed by atoms with Gasteiger partial charge in [-0.05, 0) is 51.4 Å². The second-order valence-electron chi connectivity index (χ2n) is 9.23. The molecule has 0 aromatic heterocycles. The molecule has 1 aromatic carbocycles. The zero-order valence-electron chi connectivity index (χ0n) is 17.2. The van der Waals surface area contributed by atoms with Crippen LogP contribution in [0.15, 0.2) is 24.3 Å². The van der Waals surface area contributed by atoms with Crippen molar-refractivity contribution < 1.29 is 9.59 Å². The van der Waals surface area contributed by atoms with Crippen LogP contribution in [0.3, 0.4) is 0 Å². The summed E-state index contributed by atoms with van der Waals surface area (Å²) in [5.74, 6) is 0.880. The second-order valence-corrected chi connectivity index (χ2v) is 9.23. The van der Waals surface area contributed by atoms with E-state index in [1.165, 1.54) is 11.1 Å². The maximum atomic E-state index is 13.0. The van der Waals surface area contributed by atoms with E-state index in [9.17, 15) is 9.59 Å². The lowest BCUT2D eigenvalue weighted by atomic mass is 9.76. The van der Waals surface area contributed by atoms with Gasteiger partial charge in [-0.15, -0.1) is 0 Å². The van der Waals surface area contributed by atoms with Gasteiger partial charge < -0.3 is 20.4 Å². The molecule has 1 aromatic rings. The van der Waals surface area contributed by atoms with Gasteiger partial charge in [-0.1, -0.05) is 24.3 Å². The second kappa shape index (κ2) is 7.16. The van der Waals surface area contributed by atoms with Crippen molar-refractivity contribution in [3.8, 4) is 0 Å². The fourth-order valence-electron chi connectivity index (χ4n) is 5.23. The number of nitrogens with two attached hydrogens (primary N) is 1. The van der Waals surface area contributed by atoms with E-state index >= 15 is 0 Å². The minimum atomic E-state index is -0.642. The third-order valence-electron chi connectivity index (χ3n) is 6.90. The van der Waals surface area contributed by atoms with Gasteiger partial charge in [0.25, 0.3) is 0 Å². The quantitative estimate of drug-likeness (QED) is 0.852. The number of aryl methyl sites for hydroxylation is 1. The molecule has 0 radical (unpaired) electrons. The van der Waals surface area contributed by atoms with Crippen LogP contribution in [0.2, 0.25) is 0 Å². The van der Waals surface area contributed by atoms with Crippen LogP contribution in [0.25, 0.3) is 0 Å². The standard InChI is InChI=1S/C22H32N4O2/c1-15-7-4-5-8-17(15)20-18-13-25(21(28)22(23)9-6-10-22)11-16(18)12-26(20)19(27)14-24(2)3/h4-5,7-8,16,18,20H,6,9-14,23H2,1-3H3/t16-,18-,20+/m1/s1. The zero-order valence-corrected chi connectivity index (χ0v) is 17.2. The van der Waals surface area contributed by atoms with Crippen molar-refractivity contribution in [1.29, 1.82) is 0 Å². The Labute approximate surface area is 167 Å². The number of benzene rings is 1. The molecule has 4 rings (SSSR count). The van der Waals surface area contributed by atoms with E-state index in [0.717, 1.165) is 32.4 Å². The molecule has 2 heterocycles. The Bertz CT molecular complexity index is 774. The molecule has 2 N–H and O–H groups in total. The number of fused-ring (bicyclic) bond motifs is 1. The summed E-state index contributed by atoms with van der Waals surface area (Å²) in [4.78, 5) is 31.9. The summed E-state index contributed by atoms with van der Waals surface area (Å²) >= 11 is 0. The van der Waals surface area contributed by atoms with E-state index in [1.54, 1.807) is 0 Å². The fourth-order valence-corrected chi connectivity index (χ4v) is 5.23. The van der Waals surface area contributed by atoms with Gasteiger partial charge in [-0.3, -0.25) is 9.59 Å². The first-order valence-corrected chi connectivity index (χ1v) is 10.4. The highest BCUT2D eigenvalue weighted by molar-refractivity contribution is 5.87. The number of nitrogens with zero attached hydrogens (tertiary/aromatic N) is 3. The molecule has 0 unspecified atom stereocenters. The van der Waals surface area contributed by atoms with Crippen LogP contribution in [0.5, 0.6) is 0 Å². The molecule has 1 aliphatic carbocycles. The molecule has 2 saturated heterocycles. The Morgan fingerprint density at radius 3 is 2.50 bits per heavy atom. The summed E-state index contributed by atoms with van der Waals surface area (Å²) < 4.78 is 0. The zero-order chi connectivity index (χ0) is 20.1. The molecule has 0 spiro atoms. The Kier molecular flexibility index (Phi) is 4.96.